The van der Waals surface area contributed by atoms with E-state index in [-0.39, 0.29) is 18.6 Å². The third kappa shape index (κ3) is 3.13. The van der Waals surface area contributed by atoms with Crippen LogP contribution in [0.25, 0.3) is 0 Å². The molecule has 0 aromatic heterocycles. The molecule has 0 bridgehead atoms. The number of hydrogen-bond acceptors (Lipinski definition) is 3. The molecule has 0 fully saturated rings. The van der Waals surface area contributed by atoms with Gasteiger partial charge in [-0.2, -0.15) is 0 Å². The first-order valence-electron chi connectivity index (χ1n) is 7.51. The van der Waals surface area contributed by atoms with Crippen molar-refractivity contribution in [2.45, 2.75) is 25.9 Å². The second kappa shape index (κ2) is 6.22. The highest BCUT2D eigenvalue weighted by Gasteiger charge is 2.33. The standard InChI is InChI=1S/C17H19NO4/c19-16(20)13-6-7-14-9-18(10-15(14)8-13)17(21)22-11-12-4-2-1-3-5-12/h1-5,13H,6-11H2,(H,19,20). The van der Waals surface area contributed by atoms with Crippen molar-refractivity contribution in [2.24, 2.45) is 5.92 Å². The van der Waals surface area contributed by atoms with Gasteiger partial charge in [-0.3, -0.25) is 4.79 Å². The Morgan fingerprint density at radius 2 is 1.91 bits per heavy atom. The predicted octanol–water partition coefficient (Wildman–Crippen LogP) is 2.82. The van der Waals surface area contributed by atoms with E-state index < -0.39 is 5.97 Å². The minimum Gasteiger partial charge on any atom is -0.481 e. The molecule has 3 rings (SSSR count). The summed E-state index contributed by atoms with van der Waals surface area (Å²) in [6.07, 6.45) is 1.67. The number of aliphatic carboxylic acids is 1. The normalized spacial score (nSPS) is 20.7. The van der Waals surface area contributed by atoms with Gasteiger partial charge in [-0.25, -0.2) is 4.79 Å². The highest BCUT2D eigenvalue weighted by Crippen LogP contribution is 2.34. The number of hydrogen-bond donors (Lipinski definition) is 1. The number of carboxylic acid groups (broad SMARTS) is 1. The molecule has 22 heavy (non-hydrogen) atoms. The molecule has 5 heteroatoms. The fourth-order valence-electron chi connectivity index (χ4n) is 3.10. The fraction of sp³-hybridized carbons (Fsp3) is 0.412. The van der Waals surface area contributed by atoms with Gasteiger partial charge in [0, 0.05) is 13.1 Å². The number of carboxylic acids is 1. The minimum atomic E-state index is -0.739. The van der Waals surface area contributed by atoms with Gasteiger partial charge in [0.1, 0.15) is 6.61 Å². The summed E-state index contributed by atoms with van der Waals surface area (Å²) in [5, 5.41) is 9.12. The van der Waals surface area contributed by atoms with Crippen LogP contribution in [-0.2, 0) is 16.1 Å². The van der Waals surface area contributed by atoms with Crippen molar-refractivity contribution < 1.29 is 19.4 Å². The van der Waals surface area contributed by atoms with E-state index >= 15 is 0 Å². The predicted molar refractivity (Wildman–Crippen MR) is 80.2 cm³/mol. The van der Waals surface area contributed by atoms with E-state index in [0.717, 1.165) is 17.6 Å². The van der Waals surface area contributed by atoms with Crippen LogP contribution in [0.3, 0.4) is 0 Å². The lowest BCUT2D eigenvalue weighted by atomic mass is 9.85. The van der Waals surface area contributed by atoms with Crippen LogP contribution in [0.2, 0.25) is 0 Å². The molecule has 1 heterocycles. The van der Waals surface area contributed by atoms with Crippen LogP contribution in [0.15, 0.2) is 41.5 Å². The van der Waals surface area contributed by atoms with Crippen molar-refractivity contribution in [3.63, 3.8) is 0 Å². The van der Waals surface area contributed by atoms with E-state index in [4.69, 9.17) is 9.84 Å². The van der Waals surface area contributed by atoms with Crippen molar-refractivity contribution in [1.82, 2.24) is 4.90 Å². The minimum absolute atomic E-state index is 0.262. The van der Waals surface area contributed by atoms with Crippen LogP contribution in [0.5, 0.6) is 0 Å². The van der Waals surface area contributed by atoms with Crippen LogP contribution in [0.4, 0.5) is 4.79 Å². The van der Waals surface area contributed by atoms with Crippen LogP contribution in [0, 0.1) is 5.92 Å². The Hall–Kier alpha value is -2.30. The summed E-state index contributed by atoms with van der Waals surface area (Å²) in [5.74, 6) is -1.05. The summed E-state index contributed by atoms with van der Waals surface area (Å²) in [4.78, 5) is 24.9. The second-order valence-corrected chi connectivity index (χ2v) is 5.88. The zero-order valence-corrected chi connectivity index (χ0v) is 12.3. The molecule has 1 aromatic rings. The molecule has 5 nitrogen and oxygen atoms in total. The molecule has 1 atom stereocenters. The molecule has 1 unspecified atom stereocenters. The van der Waals surface area contributed by atoms with E-state index in [1.165, 1.54) is 5.57 Å². The first kappa shape index (κ1) is 14.6. The zero-order chi connectivity index (χ0) is 15.5. The maximum absolute atomic E-state index is 12.1. The molecule has 1 aliphatic heterocycles. The Morgan fingerprint density at radius 1 is 1.18 bits per heavy atom. The molecule has 1 aromatic carbocycles. The van der Waals surface area contributed by atoms with Gasteiger partial charge >= 0.3 is 12.1 Å². The van der Waals surface area contributed by atoms with Crippen LogP contribution >= 0.6 is 0 Å². The van der Waals surface area contributed by atoms with Crippen molar-refractivity contribution in [3.8, 4) is 0 Å². The Labute approximate surface area is 129 Å². The molecule has 1 N–H and O–H groups in total. The van der Waals surface area contributed by atoms with Gasteiger partial charge in [0.05, 0.1) is 5.92 Å². The third-order valence-corrected chi connectivity index (χ3v) is 4.36. The Balaban J connectivity index is 1.53. The van der Waals surface area contributed by atoms with Gasteiger partial charge in [0.25, 0.3) is 0 Å². The van der Waals surface area contributed by atoms with Crippen molar-refractivity contribution >= 4 is 12.1 Å². The molecule has 1 amide bonds. The number of nitrogens with zero attached hydrogens (tertiary/aromatic N) is 1. The van der Waals surface area contributed by atoms with Crippen LogP contribution < -0.4 is 0 Å². The van der Waals surface area contributed by atoms with Crippen LogP contribution in [-0.4, -0.2) is 35.2 Å². The number of rotatable bonds is 3. The Morgan fingerprint density at radius 3 is 2.64 bits per heavy atom. The maximum atomic E-state index is 12.1. The molecule has 0 saturated heterocycles. The SMILES string of the molecule is O=C(O)C1CCC2=C(C1)CN(C(=O)OCc1ccccc1)C2. The topological polar surface area (TPSA) is 66.8 Å². The van der Waals surface area contributed by atoms with Crippen molar-refractivity contribution in [3.05, 3.63) is 47.0 Å². The summed E-state index contributed by atoms with van der Waals surface area (Å²) in [5.41, 5.74) is 3.28. The molecule has 1 aliphatic carbocycles. The zero-order valence-electron chi connectivity index (χ0n) is 12.3. The molecule has 116 valence electrons. The Bertz CT molecular complexity index is 608. The summed E-state index contributed by atoms with van der Waals surface area (Å²) < 4.78 is 5.34. The van der Waals surface area contributed by atoms with Crippen LogP contribution in [0.1, 0.15) is 24.8 Å². The van der Waals surface area contributed by atoms with Gasteiger partial charge in [-0.15, -0.1) is 0 Å². The second-order valence-electron chi connectivity index (χ2n) is 5.88. The van der Waals surface area contributed by atoms with Gasteiger partial charge in [0.15, 0.2) is 0 Å². The summed E-state index contributed by atoms with van der Waals surface area (Å²) in [6, 6.07) is 9.56. The number of ether oxygens (including phenoxy) is 1. The highest BCUT2D eigenvalue weighted by atomic mass is 16.6. The fourth-order valence-corrected chi connectivity index (χ4v) is 3.10. The summed E-state index contributed by atoms with van der Waals surface area (Å²) >= 11 is 0. The first-order valence-corrected chi connectivity index (χ1v) is 7.51. The van der Waals surface area contributed by atoms with Crippen molar-refractivity contribution in [1.29, 1.82) is 0 Å². The van der Waals surface area contributed by atoms with E-state index in [2.05, 4.69) is 0 Å². The number of amides is 1. The molecular weight excluding hydrogens is 282 g/mol. The number of benzene rings is 1. The quantitative estimate of drug-likeness (QED) is 0.872. The molecule has 0 radical (unpaired) electrons. The molecular formula is C17H19NO4. The van der Waals surface area contributed by atoms with Crippen molar-refractivity contribution in [2.75, 3.05) is 13.1 Å². The van der Waals surface area contributed by atoms with E-state index in [1.807, 2.05) is 30.3 Å². The molecule has 2 aliphatic rings. The van der Waals surface area contributed by atoms with E-state index in [9.17, 15) is 9.59 Å². The lowest BCUT2D eigenvalue weighted by Gasteiger charge is -2.19. The lowest BCUT2D eigenvalue weighted by Crippen LogP contribution is -2.30. The maximum Gasteiger partial charge on any atom is 0.410 e. The largest absolute Gasteiger partial charge is 0.481 e. The smallest absolute Gasteiger partial charge is 0.410 e. The number of carbonyl (C=O) groups excluding carboxylic acids is 1. The number of carbonyl (C=O) groups is 2. The van der Waals surface area contributed by atoms with E-state index in [1.54, 1.807) is 4.90 Å². The lowest BCUT2D eigenvalue weighted by molar-refractivity contribution is -0.142. The van der Waals surface area contributed by atoms with E-state index in [0.29, 0.717) is 25.9 Å². The van der Waals surface area contributed by atoms with Gasteiger partial charge < -0.3 is 14.7 Å². The van der Waals surface area contributed by atoms with Gasteiger partial charge in [0.2, 0.25) is 0 Å². The Kier molecular flexibility index (Phi) is 4.13. The average Bonchev–Trinajstić information content (AvgIpc) is 2.96. The summed E-state index contributed by atoms with van der Waals surface area (Å²) in [7, 11) is 0. The molecule has 0 spiro atoms. The third-order valence-electron chi connectivity index (χ3n) is 4.36. The highest BCUT2D eigenvalue weighted by molar-refractivity contribution is 5.72. The first-order chi connectivity index (χ1) is 10.6. The van der Waals surface area contributed by atoms with Gasteiger partial charge in [-0.1, -0.05) is 30.3 Å². The summed E-state index contributed by atoms with van der Waals surface area (Å²) in [6.45, 7) is 1.35. The molecule has 0 saturated carbocycles. The van der Waals surface area contributed by atoms with Gasteiger partial charge in [-0.05, 0) is 36.0 Å². The monoisotopic (exact) mass is 301 g/mol. The average molecular weight is 301 g/mol.